The SMILES string of the molecule is NC(=O)c1[nH]cc(C(=O)O)c1-c1ccc(NC(=O)Nc2ccc(C(F)(F)F)cc2)cc1. The highest BCUT2D eigenvalue weighted by Gasteiger charge is 2.30. The number of primary amides is 1. The third kappa shape index (κ3) is 4.83. The lowest BCUT2D eigenvalue weighted by Gasteiger charge is -2.10. The van der Waals surface area contributed by atoms with Crippen LogP contribution < -0.4 is 16.4 Å². The standard InChI is InChI=1S/C20H15F3N4O4/c21-20(22,23)11-3-7-13(8-4-11)27-19(31)26-12-5-1-10(2-6-12)15-14(18(29)30)9-25-16(15)17(24)28/h1-9,25H,(H2,24,28)(H,29,30)(H2,26,27,31). The Kier molecular flexibility index (Phi) is 5.68. The van der Waals surface area contributed by atoms with Gasteiger partial charge in [0.25, 0.3) is 5.91 Å². The van der Waals surface area contributed by atoms with Crippen LogP contribution in [0.1, 0.15) is 26.4 Å². The van der Waals surface area contributed by atoms with Gasteiger partial charge in [-0.15, -0.1) is 0 Å². The minimum Gasteiger partial charge on any atom is -0.478 e. The number of aromatic nitrogens is 1. The van der Waals surface area contributed by atoms with Crippen molar-refractivity contribution in [1.29, 1.82) is 0 Å². The molecule has 160 valence electrons. The van der Waals surface area contributed by atoms with E-state index in [0.717, 1.165) is 30.5 Å². The van der Waals surface area contributed by atoms with E-state index in [1.54, 1.807) is 0 Å². The van der Waals surface area contributed by atoms with Gasteiger partial charge in [0, 0.05) is 23.1 Å². The van der Waals surface area contributed by atoms with E-state index in [2.05, 4.69) is 15.6 Å². The monoisotopic (exact) mass is 432 g/mol. The van der Waals surface area contributed by atoms with Crippen molar-refractivity contribution in [2.24, 2.45) is 5.73 Å². The van der Waals surface area contributed by atoms with Gasteiger partial charge in [-0.05, 0) is 42.0 Å². The van der Waals surface area contributed by atoms with Crippen molar-refractivity contribution in [2.75, 3.05) is 10.6 Å². The lowest BCUT2D eigenvalue weighted by atomic mass is 10.0. The lowest BCUT2D eigenvalue weighted by Crippen LogP contribution is -2.19. The third-order valence-corrected chi connectivity index (χ3v) is 4.26. The molecule has 6 N–H and O–H groups in total. The Morgan fingerprint density at radius 2 is 1.42 bits per heavy atom. The van der Waals surface area contributed by atoms with E-state index in [9.17, 15) is 32.7 Å². The predicted molar refractivity (Wildman–Crippen MR) is 106 cm³/mol. The number of alkyl halides is 3. The second-order valence-electron chi connectivity index (χ2n) is 6.35. The fraction of sp³-hybridized carbons (Fsp3) is 0.0500. The smallest absolute Gasteiger partial charge is 0.416 e. The molecule has 0 atom stereocenters. The van der Waals surface area contributed by atoms with Crippen LogP contribution in [0.15, 0.2) is 54.7 Å². The number of nitrogens with two attached hydrogens (primary N) is 1. The quantitative estimate of drug-likeness (QED) is 0.414. The number of hydrogen-bond donors (Lipinski definition) is 5. The number of urea groups is 1. The largest absolute Gasteiger partial charge is 0.478 e. The van der Waals surface area contributed by atoms with Crippen LogP contribution in [-0.4, -0.2) is 28.0 Å². The van der Waals surface area contributed by atoms with Gasteiger partial charge in [0.15, 0.2) is 0 Å². The molecule has 0 fully saturated rings. The highest BCUT2D eigenvalue weighted by Crippen LogP contribution is 2.30. The average Bonchev–Trinajstić information content (AvgIpc) is 3.14. The van der Waals surface area contributed by atoms with Gasteiger partial charge in [0.1, 0.15) is 5.69 Å². The minimum absolute atomic E-state index is 0.0712. The third-order valence-electron chi connectivity index (χ3n) is 4.26. The number of amides is 3. The molecule has 0 saturated carbocycles. The summed E-state index contributed by atoms with van der Waals surface area (Å²) in [6, 6.07) is 9.13. The van der Waals surface area contributed by atoms with Gasteiger partial charge in [-0.2, -0.15) is 13.2 Å². The number of anilines is 2. The zero-order valence-corrected chi connectivity index (χ0v) is 15.6. The molecule has 2 aromatic carbocycles. The highest BCUT2D eigenvalue weighted by molar-refractivity contribution is 6.06. The van der Waals surface area contributed by atoms with Crippen LogP contribution in [-0.2, 0) is 6.18 Å². The van der Waals surface area contributed by atoms with Crippen molar-refractivity contribution in [2.45, 2.75) is 6.18 Å². The number of carbonyl (C=O) groups is 3. The summed E-state index contributed by atoms with van der Waals surface area (Å²) in [6.07, 6.45) is -3.32. The molecular weight excluding hydrogens is 417 g/mol. The molecule has 1 heterocycles. The summed E-state index contributed by atoms with van der Waals surface area (Å²) >= 11 is 0. The van der Waals surface area contributed by atoms with E-state index in [0.29, 0.717) is 11.3 Å². The Labute approximate surface area is 172 Å². The summed E-state index contributed by atoms with van der Waals surface area (Å²) in [7, 11) is 0. The summed E-state index contributed by atoms with van der Waals surface area (Å²) in [5.41, 5.74) is 5.19. The molecule has 31 heavy (non-hydrogen) atoms. The van der Waals surface area contributed by atoms with E-state index < -0.39 is 29.6 Å². The van der Waals surface area contributed by atoms with Crippen LogP contribution in [0, 0.1) is 0 Å². The molecule has 3 rings (SSSR count). The van der Waals surface area contributed by atoms with Crippen LogP contribution in [0.5, 0.6) is 0 Å². The molecule has 11 heteroatoms. The molecule has 0 saturated heterocycles. The molecule has 0 radical (unpaired) electrons. The van der Waals surface area contributed by atoms with Crippen molar-refractivity contribution in [3.8, 4) is 11.1 Å². The fourth-order valence-electron chi connectivity index (χ4n) is 2.84. The average molecular weight is 432 g/mol. The van der Waals surface area contributed by atoms with E-state index >= 15 is 0 Å². The first-order valence-corrected chi connectivity index (χ1v) is 8.66. The van der Waals surface area contributed by atoms with Gasteiger partial charge in [-0.1, -0.05) is 12.1 Å². The summed E-state index contributed by atoms with van der Waals surface area (Å²) in [5.74, 6) is -2.09. The number of halogens is 3. The number of carbonyl (C=O) groups excluding carboxylic acids is 2. The molecule has 1 aromatic heterocycles. The van der Waals surface area contributed by atoms with Crippen molar-refractivity contribution >= 4 is 29.3 Å². The van der Waals surface area contributed by atoms with Crippen molar-refractivity contribution in [3.05, 3.63) is 71.5 Å². The number of nitrogens with one attached hydrogen (secondary N) is 3. The van der Waals surface area contributed by atoms with Crippen molar-refractivity contribution in [1.82, 2.24) is 4.98 Å². The maximum Gasteiger partial charge on any atom is 0.416 e. The molecule has 3 amide bonds. The molecule has 0 aliphatic rings. The van der Waals surface area contributed by atoms with Gasteiger partial charge >= 0.3 is 18.2 Å². The minimum atomic E-state index is -4.48. The van der Waals surface area contributed by atoms with Crippen LogP contribution >= 0.6 is 0 Å². The van der Waals surface area contributed by atoms with Crippen LogP contribution in [0.25, 0.3) is 11.1 Å². The Hall–Kier alpha value is -4.28. The second-order valence-corrected chi connectivity index (χ2v) is 6.35. The number of rotatable bonds is 5. The predicted octanol–water partition coefficient (Wildman–Crippen LogP) is 4.14. The molecular formula is C20H15F3N4O4. The summed E-state index contributed by atoms with van der Waals surface area (Å²) in [4.78, 5) is 37.6. The molecule has 0 unspecified atom stereocenters. The van der Waals surface area contributed by atoms with Gasteiger partial charge in [-0.25, -0.2) is 9.59 Å². The van der Waals surface area contributed by atoms with Crippen LogP contribution in [0.3, 0.4) is 0 Å². The molecule has 0 aliphatic carbocycles. The molecule has 0 aliphatic heterocycles. The number of carboxylic acids is 1. The van der Waals surface area contributed by atoms with Gasteiger partial charge in [-0.3, -0.25) is 4.79 Å². The summed E-state index contributed by atoms with van der Waals surface area (Å²) < 4.78 is 37.7. The van der Waals surface area contributed by atoms with E-state index in [1.807, 2.05) is 0 Å². The zero-order valence-electron chi connectivity index (χ0n) is 15.6. The van der Waals surface area contributed by atoms with Gasteiger partial charge in [0.05, 0.1) is 11.1 Å². The number of aromatic amines is 1. The molecule has 8 nitrogen and oxygen atoms in total. The Balaban J connectivity index is 1.73. The molecule has 0 bridgehead atoms. The Bertz CT molecular complexity index is 1110. The van der Waals surface area contributed by atoms with Crippen molar-refractivity contribution < 1.29 is 32.7 Å². The normalized spacial score (nSPS) is 11.1. The van der Waals surface area contributed by atoms with Crippen molar-refractivity contribution in [3.63, 3.8) is 0 Å². The number of benzene rings is 2. The lowest BCUT2D eigenvalue weighted by molar-refractivity contribution is -0.137. The van der Waals surface area contributed by atoms with Crippen LogP contribution in [0.2, 0.25) is 0 Å². The fourth-order valence-corrected chi connectivity index (χ4v) is 2.84. The highest BCUT2D eigenvalue weighted by atomic mass is 19.4. The Morgan fingerprint density at radius 1 is 0.903 bits per heavy atom. The maximum absolute atomic E-state index is 12.6. The van der Waals surface area contributed by atoms with Gasteiger partial charge in [0.2, 0.25) is 0 Å². The first kappa shape index (κ1) is 21.4. The van der Waals surface area contributed by atoms with Crippen LogP contribution in [0.4, 0.5) is 29.3 Å². The molecule has 0 spiro atoms. The topological polar surface area (TPSA) is 137 Å². The second kappa shape index (κ2) is 8.22. The number of hydrogen-bond acceptors (Lipinski definition) is 3. The number of H-pyrrole nitrogens is 1. The zero-order chi connectivity index (χ0) is 22.8. The van der Waals surface area contributed by atoms with E-state index in [4.69, 9.17) is 5.73 Å². The molecule has 3 aromatic rings. The van der Waals surface area contributed by atoms with E-state index in [-0.39, 0.29) is 22.5 Å². The number of aromatic carboxylic acids is 1. The first-order valence-electron chi connectivity index (χ1n) is 8.66. The number of carboxylic acid groups (broad SMARTS) is 1. The maximum atomic E-state index is 12.6. The summed E-state index contributed by atoms with van der Waals surface area (Å²) in [6.45, 7) is 0. The summed E-state index contributed by atoms with van der Waals surface area (Å²) in [5, 5.41) is 14.2. The van der Waals surface area contributed by atoms with E-state index in [1.165, 1.54) is 24.3 Å². The first-order chi connectivity index (χ1) is 14.6. The van der Waals surface area contributed by atoms with Gasteiger partial charge < -0.3 is 26.5 Å². The Morgan fingerprint density at radius 3 is 1.87 bits per heavy atom.